The van der Waals surface area contributed by atoms with Crippen LogP contribution in [0.3, 0.4) is 0 Å². The standard InChI is InChI=1S/C19H23N3O5/c1-13-20-15-4-3-14(11-16(15)27-13)12-18(24)22-9-7-21(8-10-22)17(23)5-6-19(25)26-2/h3-4,11H,5-10,12H2,1-2H3. The van der Waals surface area contributed by atoms with Gasteiger partial charge in [0.2, 0.25) is 11.8 Å². The molecule has 1 saturated heterocycles. The van der Waals surface area contributed by atoms with E-state index in [4.69, 9.17) is 4.42 Å². The van der Waals surface area contributed by atoms with E-state index in [2.05, 4.69) is 9.72 Å². The van der Waals surface area contributed by atoms with Crippen molar-refractivity contribution in [2.24, 2.45) is 0 Å². The van der Waals surface area contributed by atoms with E-state index in [-0.39, 0.29) is 31.1 Å². The summed E-state index contributed by atoms with van der Waals surface area (Å²) in [5, 5.41) is 0. The summed E-state index contributed by atoms with van der Waals surface area (Å²) in [6, 6.07) is 5.58. The van der Waals surface area contributed by atoms with Gasteiger partial charge in [0.25, 0.3) is 0 Å². The van der Waals surface area contributed by atoms with E-state index in [1.165, 1.54) is 7.11 Å². The van der Waals surface area contributed by atoms with Crippen molar-refractivity contribution in [3.05, 3.63) is 29.7 Å². The van der Waals surface area contributed by atoms with Gasteiger partial charge >= 0.3 is 5.97 Å². The van der Waals surface area contributed by atoms with E-state index < -0.39 is 5.97 Å². The van der Waals surface area contributed by atoms with E-state index in [9.17, 15) is 14.4 Å². The van der Waals surface area contributed by atoms with Gasteiger partial charge in [-0.1, -0.05) is 6.07 Å². The third-order valence-electron chi connectivity index (χ3n) is 4.67. The average molecular weight is 373 g/mol. The first-order valence-electron chi connectivity index (χ1n) is 8.94. The Morgan fingerprint density at radius 3 is 2.41 bits per heavy atom. The topological polar surface area (TPSA) is 93.0 Å². The monoisotopic (exact) mass is 373 g/mol. The summed E-state index contributed by atoms with van der Waals surface area (Å²) >= 11 is 0. The van der Waals surface area contributed by atoms with Crippen LogP contribution in [0.2, 0.25) is 0 Å². The molecule has 0 bridgehead atoms. The fourth-order valence-electron chi connectivity index (χ4n) is 3.16. The van der Waals surface area contributed by atoms with Crippen LogP contribution in [-0.4, -0.2) is 65.9 Å². The largest absolute Gasteiger partial charge is 0.469 e. The van der Waals surface area contributed by atoms with Gasteiger partial charge in [0.05, 0.1) is 20.0 Å². The van der Waals surface area contributed by atoms with Crippen LogP contribution >= 0.6 is 0 Å². The summed E-state index contributed by atoms with van der Waals surface area (Å²) < 4.78 is 10.1. The number of ether oxygens (including phenoxy) is 1. The summed E-state index contributed by atoms with van der Waals surface area (Å²) in [4.78, 5) is 43.5. The van der Waals surface area contributed by atoms with Gasteiger partial charge in [-0.2, -0.15) is 0 Å². The zero-order valence-electron chi connectivity index (χ0n) is 15.6. The lowest BCUT2D eigenvalue weighted by Crippen LogP contribution is -2.51. The van der Waals surface area contributed by atoms with E-state index in [1.54, 1.807) is 16.7 Å². The van der Waals surface area contributed by atoms with Crippen LogP contribution in [0.1, 0.15) is 24.3 Å². The van der Waals surface area contributed by atoms with Crippen molar-refractivity contribution in [3.63, 3.8) is 0 Å². The van der Waals surface area contributed by atoms with E-state index in [1.807, 2.05) is 18.2 Å². The first-order chi connectivity index (χ1) is 13.0. The Bertz CT molecular complexity index is 852. The maximum Gasteiger partial charge on any atom is 0.306 e. The number of amides is 2. The molecule has 8 heteroatoms. The van der Waals surface area contributed by atoms with Crippen molar-refractivity contribution in [3.8, 4) is 0 Å². The number of nitrogens with zero attached hydrogens (tertiary/aromatic N) is 3. The molecule has 1 aliphatic rings. The minimum Gasteiger partial charge on any atom is -0.469 e. The van der Waals surface area contributed by atoms with Crippen molar-refractivity contribution in [2.75, 3.05) is 33.3 Å². The maximum atomic E-state index is 12.6. The van der Waals surface area contributed by atoms with Gasteiger partial charge in [-0.3, -0.25) is 14.4 Å². The number of oxazole rings is 1. The van der Waals surface area contributed by atoms with Crippen LogP contribution in [0.4, 0.5) is 0 Å². The number of piperazine rings is 1. The van der Waals surface area contributed by atoms with Gasteiger partial charge in [-0.15, -0.1) is 0 Å². The molecular formula is C19H23N3O5. The van der Waals surface area contributed by atoms with Crippen LogP contribution in [0, 0.1) is 6.92 Å². The molecule has 1 aliphatic heterocycles. The molecule has 1 fully saturated rings. The first kappa shape index (κ1) is 18.9. The third-order valence-corrected chi connectivity index (χ3v) is 4.67. The smallest absolute Gasteiger partial charge is 0.306 e. The number of carbonyl (C=O) groups is 3. The Hall–Kier alpha value is -2.90. The lowest BCUT2D eigenvalue weighted by molar-refractivity contribution is -0.144. The van der Waals surface area contributed by atoms with Crippen molar-refractivity contribution in [2.45, 2.75) is 26.2 Å². The van der Waals surface area contributed by atoms with Gasteiger partial charge in [0.1, 0.15) is 5.52 Å². The number of hydrogen-bond acceptors (Lipinski definition) is 6. The van der Waals surface area contributed by atoms with Gasteiger partial charge in [-0.25, -0.2) is 4.98 Å². The Kier molecular flexibility index (Phi) is 5.73. The van der Waals surface area contributed by atoms with Crippen LogP contribution in [0.15, 0.2) is 22.6 Å². The molecule has 0 aliphatic carbocycles. The van der Waals surface area contributed by atoms with Crippen LogP contribution in [-0.2, 0) is 25.5 Å². The second-order valence-corrected chi connectivity index (χ2v) is 6.55. The molecule has 0 atom stereocenters. The van der Waals surface area contributed by atoms with E-state index in [0.717, 1.165) is 11.1 Å². The normalized spacial score (nSPS) is 14.4. The highest BCUT2D eigenvalue weighted by Gasteiger charge is 2.24. The highest BCUT2D eigenvalue weighted by molar-refractivity contribution is 5.83. The number of hydrogen-bond donors (Lipinski definition) is 0. The maximum absolute atomic E-state index is 12.6. The Morgan fingerprint density at radius 1 is 1.07 bits per heavy atom. The number of fused-ring (bicyclic) bond motifs is 1. The summed E-state index contributed by atoms with van der Waals surface area (Å²) in [7, 11) is 1.30. The molecule has 2 aromatic rings. The van der Waals surface area contributed by atoms with Gasteiger partial charge < -0.3 is 19.0 Å². The summed E-state index contributed by atoms with van der Waals surface area (Å²) in [6.07, 6.45) is 0.501. The molecule has 0 saturated carbocycles. The van der Waals surface area contributed by atoms with Gasteiger partial charge in [0.15, 0.2) is 11.5 Å². The lowest BCUT2D eigenvalue weighted by Gasteiger charge is -2.35. The predicted molar refractivity (Wildman–Crippen MR) is 96.9 cm³/mol. The second kappa shape index (κ2) is 8.20. The molecule has 3 rings (SSSR count). The number of methoxy groups -OCH3 is 1. The zero-order chi connectivity index (χ0) is 19.4. The predicted octanol–water partition coefficient (Wildman–Crippen LogP) is 1.30. The number of aryl methyl sites for hydroxylation is 1. The first-order valence-corrected chi connectivity index (χ1v) is 8.94. The fraction of sp³-hybridized carbons (Fsp3) is 0.474. The molecule has 0 N–H and O–H groups in total. The Morgan fingerprint density at radius 2 is 1.74 bits per heavy atom. The van der Waals surface area contributed by atoms with Gasteiger partial charge in [0, 0.05) is 39.5 Å². The lowest BCUT2D eigenvalue weighted by atomic mass is 10.1. The number of benzene rings is 1. The van der Waals surface area contributed by atoms with Crippen molar-refractivity contribution in [1.29, 1.82) is 0 Å². The average Bonchev–Trinajstić information content (AvgIpc) is 3.05. The SMILES string of the molecule is COC(=O)CCC(=O)N1CCN(C(=O)Cc2ccc3nc(C)oc3c2)CC1. The molecule has 0 spiro atoms. The molecule has 8 nitrogen and oxygen atoms in total. The molecule has 144 valence electrons. The van der Waals surface area contributed by atoms with Crippen LogP contribution in [0.5, 0.6) is 0 Å². The minimum absolute atomic E-state index is 0.0206. The highest BCUT2D eigenvalue weighted by atomic mass is 16.5. The van der Waals surface area contributed by atoms with E-state index in [0.29, 0.717) is 37.7 Å². The van der Waals surface area contributed by atoms with E-state index >= 15 is 0 Å². The van der Waals surface area contributed by atoms with Crippen LogP contribution < -0.4 is 0 Å². The van der Waals surface area contributed by atoms with Gasteiger partial charge in [-0.05, 0) is 17.7 Å². The third kappa shape index (κ3) is 4.64. The molecule has 1 aromatic carbocycles. The highest BCUT2D eigenvalue weighted by Crippen LogP contribution is 2.18. The molecule has 0 radical (unpaired) electrons. The fourth-order valence-corrected chi connectivity index (χ4v) is 3.16. The molecule has 2 amide bonds. The zero-order valence-corrected chi connectivity index (χ0v) is 15.6. The molecule has 1 aromatic heterocycles. The number of esters is 1. The second-order valence-electron chi connectivity index (χ2n) is 6.55. The summed E-state index contributed by atoms with van der Waals surface area (Å²) in [5.74, 6) is 0.142. The van der Waals surface area contributed by atoms with Crippen LogP contribution in [0.25, 0.3) is 11.1 Å². The minimum atomic E-state index is -0.393. The Balaban J connectivity index is 1.50. The molecule has 2 heterocycles. The van der Waals surface area contributed by atoms with Crippen molar-refractivity contribution < 1.29 is 23.5 Å². The summed E-state index contributed by atoms with van der Waals surface area (Å²) in [5.41, 5.74) is 2.34. The van der Waals surface area contributed by atoms with Crippen molar-refractivity contribution >= 4 is 28.9 Å². The number of rotatable bonds is 5. The molecule has 0 unspecified atom stereocenters. The van der Waals surface area contributed by atoms with Crippen molar-refractivity contribution in [1.82, 2.24) is 14.8 Å². The Labute approximate surface area is 157 Å². The quantitative estimate of drug-likeness (QED) is 0.734. The number of carbonyl (C=O) groups excluding carboxylic acids is 3. The number of aromatic nitrogens is 1. The molecule has 27 heavy (non-hydrogen) atoms. The summed E-state index contributed by atoms with van der Waals surface area (Å²) in [6.45, 7) is 3.73. The molecular weight excluding hydrogens is 350 g/mol.